The smallest absolute Gasteiger partial charge is 0.316 e. The van der Waals surface area contributed by atoms with Gasteiger partial charge < -0.3 is 18.9 Å². The lowest BCUT2D eigenvalue weighted by Crippen LogP contribution is -2.63. The summed E-state index contributed by atoms with van der Waals surface area (Å²) in [6, 6.07) is 0. The van der Waals surface area contributed by atoms with Gasteiger partial charge in [0, 0.05) is 38.5 Å². The van der Waals surface area contributed by atoms with Gasteiger partial charge in [0.15, 0.2) is 0 Å². The minimum atomic E-state index is -0.783. The zero-order valence-electron chi connectivity index (χ0n) is 28.0. The van der Waals surface area contributed by atoms with Gasteiger partial charge in [0.2, 0.25) is 0 Å². The van der Waals surface area contributed by atoms with E-state index < -0.39 is 11.9 Å². The van der Waals surface area contributed by atoms with Gasteiger partial charge in [-0.25, -0.2) is 0 Å². The monoisotopic (exact) mass is 618 g/mol. The van der Waals surface area contributed by atoms with E-state index >= 15 is 0 Å². The number of carbonyl (C=O) groups excluding carboxylic acids is 5. The van der Waals surface area contributed by atoms with Gasteiger partial charge in [-0.05, 0) is 100 Å². The third-order valence-corrected chi connectivity index (χ3v) is 12.4. The molecule has 4 aliphatic carbocycles. The molecule has 4 saturated carbocycles. The highest BCUT2D eigenvalue weighted by molar-refractivity contribution is 5.98. The lowest BCUT2D eigenvalue weighted by molar-refractivity contribution is -0.224. The number of fused-ring (bicyclic) bond motifs is 5. The highest BCUT2D eigenvalue weighted by Crippen LogP contribution is 2.69. The molecule has 0 aromatic carbocycles. The predicted octanol–water partition coefficient (Wildman–Crippen LogP) is 5.84. The van der Waals surface area contributed by atoms with E-state index in [1.807, 2.05) is 0 Å². The van der Waals surface area contributed by atoms with Gasteiger partial charge in [-0.3, -0.25) is 24.0 Å². The van der Waals surface area contributed by atoms with Crippen molar-refractivity contribution in [1.82, 2.24) is 0 Å². The number of ketones is 1. The second-order valence-corrected chi connectivity index (χ2v) is 14.7. The van der Waals surface area contributed by atoms with Crippen LogP contribution in [-0.4, -0.2) is 54.6 Å². The average Bonchev–Trinajstić information content (AvgIpc) is 3.29. The fourth-order valence-corrected chi connectivity index (χ4v) is 10.3. The predicted molar refractivity (Wildman–Crippen MR) is 162 cm³/mol. The molecule has 0 amide bonds. The van der Waals surface area contributed by atoms with Crippen molar-refractivity contribution in [3.63, 3.8) is 0 Å². The molecule has 5 unspecified atom stereocenters. The van der Waals surface area contributed by atoms with Gasteiger partial charge in [-0.15, -0.1) is 0 Å². The lowest BCUT2D eigenvalue weighted by atomic mass is 9.43. The third kappa shape index (κ3) is 6.57. The molecule has 4 fully saturated rings. The first-order chi connectivity index (χ1) is 20.6. The lowest BCUT2D eigenvalue weighted by Gasteiger charge is -2.64. The fraction of sp³-hybridized carbons (Fsp3) is 0.857. The summed E-state index contributed by atoms with van der Waals surface area (Å²) in [7, 11) is 0. The molecule has 0 N–H and O–H groups in total. The Kier molecular flexibility index (Phi) is 10.6. The summed E-state index contributed by atoms with van der Waals surface area (Å²) in [6.07, 6.45) is 6.00. The van der Waals surface area contributed by atoms with Crippen LogP contribution in [0.1, 0.15) is 113 Å². The molecule has 0 aliphatic heterocycles. The maximum Gasteiger partial charge on any atom is 0.316 e. The van der Waals surface area contributed by atoms with E-state index in [0.29, 0.717) is 19.3 Å². The standard InChI is InChI=1S/C35H54O9/c1-9-41-33(40)20(3)29(39)13-10-19(2)26-11-12-27-32-28(18-31(35(26,27)8)44-23(6)38)34(7)15-14-25(42-21(4)36)16-24(34)17-30(32)43-22(5)37/h19-20,24-28,30-32H,9-18H2,1-8H3/t19-,20?,24?,25?,26-,27+,28+,30?,31?,32+,34+,35-/m1/s1. The second-order valence-electron chi connectivity index (χ2n) is 14.7. The molecule has 44 heavy (non-hydrogen) atoms. The number of Topliss-reactive ketones (excluding diaryl/α,β-unsaturated/α-hetero) is 1. The molecule has 4 rings (SSSR count). The molecular weight excluding hydrogens is 564 g/mol. The normalized spacial score (nSPS) is 39.0. The zero-order chi connectivity index (χ0) is 32.6. The molecule has 9 heteroatoms. The molecule has 9 nitrogen and oxygen atoms in total. The van der Waals surface area contributed by atoms with E-state index in [2.05, 4.69) is 20.8 Å². The molecule has 0 heterocycles. The molecular formula is C35H54O9. The first kappa shape index (κ1) is 34.4. The van der Waals surface area contributed by atoms with Crippen molar-refractivity contribution in [2.45, 2.75) is 131 Å². The van der Waals surface area contributed by atoms with E-state index in [4.69, 9.17) is 18.9 Å². The minimum absolute atomic E-state index is 0.0585. The van der Waals surface area contributed by atoms with Gasteiger partial charge in [-0.1, -0.05) is 20.8 Å². The summed E-state index contributed by atoms with van der Waals surface area (Å²) in [5.41, 5.74) is -0.407. The number of hydrogen-bond donors (Lipinski definition) is 0. The molecule has 0 radical (unpaired) electrons. The highest BCUT2D eigenvalue weighted by Gasteiger charge is 2.67. The largest absolute Gasteiger partial charge is 0.465 e. The van der Waals surface area contributed by atoms with Crippen LogP contribution in [0.15, 0.2) is 0 Å². The van der Waals surface area contributed by atoms with Crippen molar-refractivity contribution in [3.05, 3.63) is 0 Å². The Balaban J connectivity index is 1.62. The highest BCUT2D eigenvalue weighted by atomic mass is 16.6. The Labute approximate surface area is 262 Å². The van der Waals surface area contributed by atoms with Crippen LogP contribution in [0.2, 0.25) is 0 Å². The van der Waals surface area contributed by atoms with Gasteiger partial charge in [-0.2, -0.15) is 0 Å². The molecule has 0 aromatic heterocycles. The number of carbonyl (C=O) groups is 5. The average molecular weight is 619 g/mol. The van der Waals surface area contributed by atoms with Crippen LogP contribution in [0.5, 0.6) is 0 Å². The molecule has 0 spiro atoms. The zero-order valence-corrected chi connectivity index (χ0v) is 28.0. The molecule has 0 saturated heterocycles. The van der Waals surface area contributed by atoms with E-state index in [-0.39, 0.29) is 94.9 Å². The maximum absolute atomic E-state index is 12.9. The van der Waals surface area contributed by atoms with Crippen LogP contribution in [0, 0.1) is 52.3 Å². The van der Waals surface area contributed by atoms with Crippen molar-refractivity contribution in [2.75, 3.05) is 6.61 Å². The molecule has 248 valence electrons. The van der Waals surface area contributed by atoms with Crippen LogP contribution < -0.4 is 0 Å². The number of rotatable bonds is 10. The van der Waals surface area contributed by atoms with Crippen molar-refractivity contribution < 1.29 is 42.9 Å². The first-order valence-electron chi connectivity index (χ1n) is 16.8. The molecule has 4 aliphatic rings. The van der Waals surface area contributed by atoms with Crippen molar-refractivity contribution in [3.8, 4) is 0 Å². The summed E-state index contributed by atoms with van der Waals surface area (Å²) in [4.78, 5) is 61.9. The fourth-order valence-electron chi connectivity index (χ4n) is 10.3. The quantitative estimate of drug-likeness (QED) is 0.169. The summed E-state index contributed by atoms with van der Waals surface area (Å²) in [6.45, 7) is 14.8. The van der Waals surface area contributed by atoms with Gasteiger partial charge in [0.05, 0.1) is 6.61 Å². The van der Waals surface area contributed by atoms with Gasteiger partial charge in [0.1, 0.15) is 30.0 Å². The van der Waals surface area contributed by atoms with Crippen LogP contribution in [0.4, 0.5) is 0 Å². The van der Waals surface area contributed by atoms with Crippen LogP contribution in [0.25, 0.3) is 0 Å². The Morgan fingerprint density at radius 1 is 0.818 bits per heavy atom. The number of esters is 4. The van der Waals surface area contributed by atoms with E-state index in [1.165, 1.54) is 20.8 Å². The minimum Gasteiger partial charge on any atom is -0.465 e. The van der Waals surface area contributed by atoms with Crippen LogP contribution in [0.3, 0.4) is 0 Å². The third-order valence-electron chi connectivity index (χ3n) is 12.4. The summed E-state index contributed by atoms with van der Waals surface area (Å²) in [5, 5.41) is 0. The molecule has 0 bridgehead atoms. The summed E-state index contributed by atoms with van der Waals surface area (Å²) < 4.78 is 23.1. The Morgan fingerprint density at radius 3 is 2.09 bits per heavy atom. The summed E-state index contributed by atoms with van der Waals surface area (Å²) in [5.74, 6) is -1.14. The molecule has 0 aromatic rings. The van der Waals surface area contributed by atoms with Gasteiger partial charge >= 0.3 is 23.9 Å². The second kappa shape index (κ2) is 13.5. The van der Waals surface area contributed by atoms with Crippen LogP contribution in [-0.2, 0) is 42.9 Å². The van der Waals surface area contributed by atoms with Crippen molar-refractivity contribution in [1.29, 1.82) is 0 Å². The van der Waals surface area contributed by atoms with Gasteiger partial charge in [0.25, 0.3) is 0 Å². The Bertz CT molecular complexity index is 1120. The van der Waals surface area contributed by atoms with Crippen LogP contribution >= 0.6 is 0 Å². The van der Waals surface area contributed by atoms with E-state index in [9.17, 15) is 24.0 Å². The number of hydrogen-bond acceptors (Lipinski definition) is 9. The van der Waals surface area contributed by atoms with Crippen molar-refractivity contribution >= 4 is 29.7 Å². The Morgan fingerprint density at radius 2 is 1.48 bits per heavy atom. The topological polar surface area (TPSA) is 122 Å². The first-order valence-corrected chi connectivity index (χ1v) is 16.8. The van der Waals surface area contributed by atoms with E-state index in [0.717, 1.165) is 38.5 Å². The van der Waals surface area contributed by atoms with Crippen molar-refractivity contribution in [2.24, 2.45) is 52.3 Å². The molecule has 12 atom stereocenters. The van der Waals surface area contributed by atoms with E-state index in [1.54, 1.807) is 13.8 Å². The maximum atomic E-state index is 12.9. The SMILES string of the molecule is CCOC(=O)C(C)C(=O)CC[C@@H](C)[C@H]1CC[C@H]2[C@@H]3C(OC(C)=O)CC4CC(OC(C)=O)CC[C@]4(C)[C@H]3CC(OC(C)=O)[C@]12C. The summed E-state index contributed by atoms with van der Waals surface area (Å²) >= 11 is 0. The number of ether oxygens (including phenoxy) is 4. The Hall–Kier alpha value is -2.45.